The highest BCUT2D eigenvalue weighted by Crippen LogP contribution is 2.18. The van der Waals surface area contributed by atoms with Crippen molar-refractivity contribution < 1.29 is 19.1 Å². The highest BCUT2D eigenvalue weighted by molar-refractivity contribution is 6.35. The number of carbonyl (C=O) groups excluding carboxylic acids is 3. The minimum atomic E-state index is -0.561. The van der Waals surface area contributed by atoms with Crippen molar-refractivity contribution in [1.29, 1.82) is 0 Å². The number of nitrogens with zero attached hydrogens (tertiary/aromatic N) is 2. The number of hydrogen-bond acceptors (Lipinski definition) is 4. The summed E-state index contributed by atoms with van der Waals surface area (Å²) >= 11 is 0. The van der Waals surface area contributed by atoms with Crippen molar-refractivity contribution in [2.75, 3.05) is 32.1 Å². The zero-order valence-corrected chi connectivity index (χ0v) is 17.6. The van der Waals surface area contributed by atoms with Crippen LogP contribution in [0.1, 0.15) is 18.1 Å². The molecule has 1 heterocycles. The number of benzene rings is 2. The molecule has 7 nitrogen and oxygen atoms in total. The number of rotatable bonds is 7. The molecule has 1 unspecified atom stereocenters. The number of methoxy groups -OCH3 is 1. The molecule has 1 atom stereocenters. The molecule has 0 radical (unpaired) electrons. The maximum atomic E-state index is 12.6. The minimum Gasteiger partial charge on any atom is -0.497 e. The van der Waals surface area contributed by atoms with E-state index in [4.69, 9.17) is 4.74 Å². The number of nitrogens with one attached hydrogen (secondary N) is 1. The van der Waals surface area contributed by atoms with Gasteiger partial charge in [-0.25, -0.2) is 0 Å². The van der Waals surface area contributed by atoms with Crippen molar-refractivity contribution in [1.82, 2.24) is 9.80 Å². The average Bonchev–Trinajstić information content (AvgIpc) is 2.75. The fraction of sp³-hybridized carbons (Fsp3) is 0.348. The third kappa shape index (κ3) is 5.17. The molecule has 0 bridgehead atoms. The van der Waals surface area contributed by atoms with Crippen LogP contribution in [0.3, 0.4) is 0 Å². The first kappa shape index (κ1) is 21.4. The summed E-state index contributed by atoms with van der Waals surface area (Å²) < 4.78 is 5.16. The number of aryl methyl sites for hydroxylation is 1. The van der Waals surface area contributed by atoms with Crippen LogP contribution < -0.4 is 10.1 Å². The van der Waals surface area contributed by atoms with Crippen LogP contribution in [-0.4, -0.2) is 54.3 Å². The van der Waals surface area contributed by atoms with Crippen LogP contribution in [0, 0.1) is 12.8 Å². The van der Waals surface area contributed by atoms with E-state index in [1.165, 1.54) is 4.90 Å². The largest absolute Gasteiger partial charge is 0.497 e. The first-order valence-corrected chi connectivity index (χ1v) is 9.96. The van der Waals surface area contributed by atoms with E-state index in [-0.39, 0.29) is 12.5 Å². The smallest absolute Gasteiger partial charge is 0.312 e. The molecule has 158 valence electrons. The number of carbonyl (C=O) groups is 3. The van der Waals surface area contributed by atoms with Gasteiger partial charge in [0, 0.05) is 37.9 Å². The van der Waals surface area contributed by atoms with Crippen molar-refractivity contribution in [3.05, 3.63) is 59.7 Å². The fourth-order valence-electron chi connectivity index (χ4n) is 3.33. The van der Waals surface area contributed by atoms with E-state index >= 15 is 0 Å². The summed E-state index contributed by atoms with van der Waals surface area (Å²) in [5.41, 5.74) is 2.75. The summed E-state index contributed by atoms with van der Waals surface area (Å²) in [6.45, 7) is 5.20. The van der Waals surface area contributed by atoms with Crippen LogP contribution >= 0.6 is 0 Å². The molecule has 0 aromatic heterocycles. The first-order chi connectivity index (χ1) is 14.4. The van der Waals surface area contributed by atoms with Gasteiger partial charge in [-0.1, -0.05) is 42.8 Å². The second-order valence-electron chi connectivity index (χ2n) is 7.59. The third-order valence-electron chi connectivity index (χ3n) is 5.17. The topological polar surface area (TPSA) is 79.0 Å². The number of piperazine rings is 1. The predicted molar refractivity (Wildman–Crippen MR) is 114 cm³/mol. The Morgan fingerprint density at radius 3 is 2.43 bits per heavy atom. The van der Waals surface area contributed by atoms with E-state index in [2.05, 4.69) is 5.32 Å². The molecule has 0 spiro atoms. The van der Waals surface area contributed by atoms with Crippen LogP contribution in [0.2, 0.25) is 0 Å². The lowest BCUT2D eigenvalue weighted by Crippen LogP contribution is -2.55. The SMILES string of the molecule is COc1cccc(NC(=O)C(C)CN2CCN(Cc3ccc(C)cc3)C(=O)C2=O)c1. The predicted octanol–water partition coefficient (Wildman–Crippen LogP) is 2.45. The van der Waals surface area contributed by atoms with Gasteiger partial charge in [0.2, 0.25) is 5.91 Å². The number of ether oxygens (including phenoxy) is 1. The fourth-order valence-corrected chi connectivity index (χ4v) is 3.33. The summed E-state index contributed by atoms with van der Waals surface area (Å²) in [6, 6.07) is 15.0. The van der Waals surface area contributed by atoms with E-state index in [1.807, 2.05) is 31.2 Å². The molecule has 1 aliphatic rings. The molecule has 1 N–H and O–H groups in total. The zero-order chi connectivity index (χ0) is 21.7. The molecule has 1 aliphatic heterocycles. The second-order valence-corrected chi connectivity index (χ2v) is 7.59. The summed E-state index contributed by atoms with van der Waals surface area (Å²) in [5.74, 6) is -1.12. The van der Waals surface area contributed by atoms with Crippen LogP contribution in [0.5, 0.6) is 5.75 Å². The molecule has 1 saturated heterocycles. The second kappa shape index (κ2) is 9.43. The lowest BCUT2D eigenvalue weighted by Gasteiger charge is -2.34. The van der Waals surface area contributed by atoms with Gasteiger partial charge in [0.15, 0.2) is 0 Å². The Hall–Kier alpha value is -3.35. The van der Waals surface area contributed by atoms with Gasteiger partial charge in [0.1, 0.15) is 5.75 Å². The van der Waals surface area contributed by atoms with Gasteiger partial charge in [-0.15, -0.1) is 0 Å². The first-order valence-electron chi connectivity index (χ1n) is 9.96. The van der Waals surface area contributed by atoms with E-state index in [1.54, 1.807) is 43.2 Å². The van der Waals surface area contributed by atoms with Crippen LogP contribution in [-0.2, 0) is 20.9 Å². The van der Waals surface area contributed by atoms with E-state index in [9.17, 15) is 14.4 Å². The van der Waals surface area contributed by atoms with Crippen LogP contribution in [0.4, 0.5) is 5.69 Å². The van der Waals surface area contributed by atoms with Gasteiger partial charge >= 0.3 is 11.8 Å². The average molecular weight is 409 g/mol. The van der Waals surface area contributed by atoms with E-state index in [0.29, 0.717) is 31.1 Å². The lowest BCUT2D eigenvalue weighted by molar-refractivity contribution is -0.157. The van der Waals surface area contributed by atoms with Gasteiger partial charge < -0.3 is 19.9 Å². The van der Waals surface area contributed by atoms with Gasteiger partial charge in [0.05, 0.1) is 13.0 Å². The molecule has 0 aliphatic carbocycles. The normalized spacial score (nSPS) is 15.2. The Bertz CT molecular complexity index is 926. The molecule has 2 aromatic carbocycles. The molecule has 7 heteroatoms. The van der Waals surface area contributed by atoms with Crippen molar-refractivity contribution in [2.45, 2.75) is 20.4 Å². The molecule has 1 fully saturated rings. The van der Waals surface area contributed by atoms with Gasteiger partial charge in [0.25, 0.3) is 0 Å². The quantitative estimate of drug-likeness (QED) is 0.713. The maximum Gasteiger partial charge on any atom is 0.312 e. The minimum absolute atomic E-state index is 0.193. The van der Waals surface area contributed by atoms with E-state index < -0.39 is 17.7 Å². The summed E-state index contributed by atoms with van der Waals surface area (Å²) in [6.07, 6.45) is 0. The van der Waals surface area contributed by atoms with Gasteiger partial charge in [-0.2, -0.15) is 0 Å². The molecular weight excluding hydrogens is 382 g/mol. The molecular formula is C23H27N3O4. The van der Waals surface area contributed by atoms with Crippen molar-refractivity contribution in [3.63, 3.8) is 0 Å². The monoisotopic (exact) mass is 409 g/mol. The van der Waals surface area contributed by atoms with Gasteiger partial charge in [-0.05, 0) is 24.6 Å². The lowest BCUT2D eigenvalue weighted by atomic mass is 10.1. The summed E-state index contributed by atoms with van der Waals surface area (Å²) in [7, 11) is 1.56. The van der Waals surface area contributed by atoms with E-state index in [0.717, 1.165) is 11.1 Å². The Labute approximate surface area is 176 Å². The molecule has 3 rings (SSSR count). The van der Waals surface area contributed by atoms with Crippen molar-refractivity contribution in [2.24, 2.45) is 5.92 Å². The molecule has 30 heavy (non-hydrogen) atoms. The van der Waals surface area contributed by atoms with Gasteiger partial charge in [-0.3, -0.25) is 14.4 Å². The van der Waals surface area contributed by atoms with Crippen molar-refractivity contribution in [3.8, 4) is 5.75 Å². The Balaban J connectivity index is 1.55. The Morgan fingerprint density at radius 2 is 1.73 bits per heavy atom. The third-order valence-corrected chi connectivity index (χ3v) is 5.17. The molecule has 3 amide bonds. The van der Waals surface area contributed by atoms with Crippen LogP contribution in [0.25, 0.3) is 0 Å². The number of amides is 3. The zero-order valence-electron chi connectivity index (χ0n) is 17.6. The maximum absolute atomic E-state index is 12.6. The van der Waals surface area contributed by atoms with Crippen molar-refractivity contribution >= 4 is 23.4 Å². The summed E-state index contributed by atoms with van der Waals surface area (Å²) in [4.78, 5) is 40.7. The summed E-state index contributed by atoms with van der Waals surface area (Å²) in [5, 5.41) is 2.83. The molecule has 0 saturated carbocycles. The standard InChI is InChI=1S/C23H27N3O4/c1-16-7-9-18(10-8-16)15-26-12-11-25(22(28)23(26)29)14-17(2)21(27)24-19-5-4-6-20(13-19)30-3/h4-10,13,17H,11-12,14-15H2,1-3H3,(H,24,27). The number of hydrogen-bond donors (Lipinski definition) is 1. The Morgan fingerprint density at radius 1 is 1.07 bits per heavy atom. The van der Waals surface area contributed by atoms with Crippen LogP contribution in [0.15, 0.2) is 48.5 Å². The highest BCUT2D eigenvalue weighted by atomic mass is 16.5. The highest BCUT2D eigenvalue weighted by Gasteiger charge is 2.34. The Kier molecular flexibility index (Phi) is 6.72. The number of anilines is 1. The molecule has 2 aromatic rings.